The molecule has 2 heteroatoms. The number of rotatable bonds is 7. The highest BCUT2D eigenvalue weighted by Crippen LogP contribution is 2.96. The molecule has 4 aliphatic rings. The van der Waals surface area contributed by atoms with Gasteiger partial charge in [-0.05, 0) is 55.8 Å². The van der Waals surface area contributed by atoms with Crippen molar-refractivity contribution in [2.75, 3.05) is 13.2 Å². The van der Waals surface area contributed by atoms with Gasteiger partial charge in [0, 0.05) is 5.41 Å². The molecule has 0 radical (unpaired) electrons. The van der Waals surface area contributed by atoms with E-state index in [2.05, 4.69) is 20.1 Å². The molecule has 116 valence electrons. The van der Waals surface area contributed by atoms with Crippen molar-refractivity contribution < 1.29 is 9.47 Å². The molecule has 2 nitrogen and oxygen atoms in total. The molecule has 0 N–H and O–H groups in total. The van der Waals surface area contributed by atoms with E-state index in [1.807, 2.05) is 12.2 Å². The van der Waals surface area contributed by atoms with Crippen LogP contribution in [-0.2, 0) is 9.47 Å². The Hall–Kier alpha value is -0.600. The second-order valence-corrected chi connectivity index (χ2v) is 7.80. The van der Waals surface area contributed by atoms with Crippen molar-refractivity contribution in [2.45, 2.75) is 51.2 Å². The van der Waals surface area contributed by atoms with E-state index in [0.29, 0.717) is 24.0 Å². The lowest BCUT2D eigenvalue weighted by Gasteiger charge is -2.47. The second kappa shape index (κ2) is 4.45. The third-order valence-corrected chi connectivity index (χ3v) is 7.21. The normalized spacial score (nSPS) is 41.7. The molecule has 4 saturated carbocycles. The van der Waals surface area contributed by atoms with E-state index in [4.69, 9.17) is 9.47 Å². The zero-order valence-corrected chi connectivity index (χ0v) is 13.3. The summed E-state index contributed by atoms with van der Waals surface area (Å²) in [5.41, 5.74) is 0.956. The first-order valence-electron chi connectivity index (χ1n) is 8.66. The number of ether oxygens (including phenoxy) is 2. The highest BCUT2D eigenvalue weighted by molar-refractivity contribution is 5.41. The number of hydrogen-bond donors (Lipinski definition) is 0. The number of hydrogen-bond acceptors (Lipinski definition) is 2. The van der Waals surface area contributed by atoms with Crippen LogP contribution in [0.2, 0.25) is 0 Å². The summed E-state index contributed by atoms with van der Waals surface area (Å²) in [5.74, 6) is 2.16. The van der Waals surface area contributed by atoms with Gasteiger partial charge < -0.3 is 9.47 Å². The Balaban J connectivity index is 1.59. The fourth-order valence-corrected chi connectivity index (χ4v) is 6.49. The van der Waals surface area contributed by atoms with Crippen LogP contribution in [0.25, 0.3) is 0 Å². The molecule has 0 heterocycles. The molecule has 1 unspecified atom stereocenters. The molecular weight excluding hydrogens is 260 g/mol. The first-order chi connectivity index (χ1) is 10.2. The zero-order valence-electron chi connectivity index (χ0n) is 13.3. The zero-order chi connectivity index (χ0) is 14.7. The minimum absolute atomic E-state index is 0.321. The van der Waals surface area contributed by atoms with Gasteiger partial charge in [0.2, 0.25) is 0 Å². The molecule has 4 atom stereocenters. The summed E-state index contributed by atoms with van der Waals surface area (Å²) in [6.45, 7) is 10.9. The third-order valence-electron chi connectivity index (χ3n) is 7.21. The Morgan fingerprint density at radius 2 is 1.71 bits per heavy atom. The summed E-state index contributed by atoms with van der Waals surface area (Å²) in [5, 5.41) is 0. The summed E-state index contributed by atoms with van der Waals surface area (Å²) in [4.78, 5) is 0. The van der Waals surface area contributed by atoms with E-state index >= 15 is 0 Å². The Morgan fingerprint density at radius 1 is 1.10 bits per heavy atom. The van der Waals surface area contributed by atoms with E-state index < -0.39 is 5.79 Å². The monoisotopic (exact) mass is 288 g/mol. The van der Waals surface area contributed by atoms with Gasteiger partial charge in [0.25, 0.3) is 0 Å². The summed E-state index contributed by atoms with van der Waals surface area (Å²) < 4.78 is 12.4. The molecule has 4 fully saturated rings. The van der Waals surface area contributed by atoms with Gasteiger partial charge >= 0.3 is 0 Å². The van der Waals surface area contributed by atoms with Crippen molar-refractivity contribution in [1.82, 2.24) is 0 Å². The van der Waals surface area contributed by atoms with Crippen molar-refractivity contribution in [3.05, 3.63) is 25.3 Å². The highest BCUT2D eigenvalue weighted by atomic mass is 16.7. The average molecular weight is 288 g/mol. The van der Waals surface area contributed by atoms with Gasteiger partial charge in [-0.3, -0.25) is 0 Å². The van der Waals surface area contributed by atoms with Crippen molar-refractivity contribution >= 4 is 0 Å². The molecule has 0 saturated heterocycles. The van der Waals surface area contributed by atoms with Gasteiger partial charge in [0.1, 0.15) is 0 Å². The van der Waals surface area contributed by atoms with Crippen LogP contribution in [0.3, 0.4) is 0 Å². The Bertz CT molecular complexity index is 450. The lowest BCUT2D eigenvalue weighted by Crippen LogP contribution is -2.47. The summed E-state index contributed by atoms with van der Waals surface area (Å²) in [6, 6.07) is 0. The molecule has 0 aliphatic heterocycles. The van der Waals surface area contributed by atoms with E-state index in [1.165, 1.54) is 38.5 Å². The van der Waals surface area contributed by atoms with Crippen molar-refractivity contribution in [2.24, 2.45) is 28.6 Å². The van der Waals surface area contributed by atoms with Gasteiger partial charge in [-0.2, -0.15) is 0 Å². The van der Waals surface area contributed by atoms with E-state index in [9.17, 15) is 0 Å². The third kappa shape index (κ3) is 1.56. The maximum atomic E-state index is 6.20. The second-order valence-electron chi connectivity index (χ2n) is 7.80. The fraction of sp³-hybridized carbons (Fsp3) is 0.789. The van der Waals surface area contributed by atoms with Crippen molar-refractivity contribution in [1.29, 1.82) is 0 Å². The molecule has 4 aliphatic carbocycles. The standard InChI is InChI=1S/C19H28O2/c1-4-12-20-17(3,21-13-5-2)19-14-8-11-18(9-6-7-10-18)16(19)15(14)19/h4-5,14-16H,1-2,6-13H2,3H3/t14?,15-,16+,19-/m1/s1. The summed E-state index contributed by atoms with van der Waals surface area (Å²) >= 11 is 0. The van der Waals surface area contributed by atoms with E-state index in [1.54, 1.807) is 0 Å². The molecule has 0 bridgehead atoms. The van der Waals surface area contributed by atoms with E-state index in [0.717, 1.165) is 17.8 Å². The van der Waals surface area contributed by atoms with Crippen LogP contribution in [0.4, 0.5) is 0 Å². The van der Waals surface area contributed by atoms with Crippen LogP contribution >= 0.6 is 0 Å². The van der Waals surface area contributed by atoms with Crippen LogP contribution in [0, 0.1) is 28.6 Å². The minimum atomic E-state index is -0.439. The Kier molecular flexibility index (Phi) is 2.97. The molecule has 21 heavy (non-hydrogen) atoms. The SMILES string of the molecule is C=CCOC(C)(OCC=C)[C@@]12C3CCC4(CCCC4)[C@@H]1[C@@H]32. The van der Waals surface area contributed by atoms with Gasteiger partial charge in [0.05, 0.1) is 13.2 Å². The molecular formula is C19H28O2. The predicted molar refractivity (Wildman–Crippen MR) is 83.7 cm³/mol. The smallest absolute Gasteiger partial charge is 0.172 e. The maximum Gasteiger partial charge on any atom is 0.172 e. The van der Waals surface area contributed by atoms with Crippen LogP contribution in [0.15, 0.2) is 25.3 Å². The van der Waals surface area contributed by atoms with Gasteiger partial charge in [-0.1, -0.05) is 25.0 Å². The predicted octanol–water partition coefficient (Wildman–Crippen LogP) is 4.32. The van der Waals surface area contributed by atoms with Crippen LogP contribution in [0.1, 0.15) is 45.4 Å². The Morgan fingerprint density at radius 3 is 2.29 bits per heavy atom. The first kappa shape index (κ1) is 14.0. The van der Waals surface area contributed by atoms with Crippen LogP contribution in [-0.4, -0.2) is 19.0 Å². The highest BCUT2D eigenvalue weighted by Gasteiger charge is 2.96. The lowest BCUT2D eigenvalue weighted by atomic mass is 9.62. The molecule has 1 spiro atoms. The van der Waals surface area contributed by atoms with Crippen LogP contribution < -0.4 is 0 Å². The maximum absolute atomic E-state index is 6.20. The Labute approximate surface area is 128 Å². The van der Waals surface area contributed by atoms with Crippen molar-refractivity contribution in [3.8, 4) is 0 Å². The van der Waals surface area contributed by atoms with Crippen molar-refractivity contribution in [3.63, 3.8) is 0 Å². The minimum Gasteiger partial charge on any atom is -0.346 e. The van der Waals surface area contributed by atoms with Gasteiger partial charge in [-0.15, -0.1) is 13.2 Å². The van der Waals surface area contributed by atoms with Crippen LogP contribution in [0.5, 0.6) is 0 Å². The van der Waals surface area contributed by atoms with Gasteiger partial charge in [0.15, 0.2) is 5.79 Å². The molecule has 0 aromatic heterocycles. The summed E-state index contributed by atoms with van der Waals surface area (Å²) in [6.07, 6.45) is 12.3. The van der Waals surface area contributed by atoms with E-state index in [-0.39, 0.29) is 0 Å². The molecule has 0 aromatic rings. The molecule has 4 rings (SSSR count). The lowest BCUT2D eigenvalue weighted by molar-refractivity contribution is -0.258. The quantitative estimate of drug-likeness (QED) is 0.513. The molecule has 0 aromatic carbocycles. The van der Waals surface area contributed by atoms with Gasteiger partial charge in [-0.25, -0.2) is 0 Å². The summed E-state index contributed by atoms with van der Waals surface area (Å²) in [7, 11) is 0. The topological polar surface area (TPSA) is 18.5 Å². The fourth-order valence-electron chi connectivity index (χ4n) is 6.49. The average Bonchev–Trinajstić information content (AvgIpc) is 3.33. The first-order valence-corrected chi connectivity index (χ1v) is 8.66. The molecule has 0 amide bonds. The number of fused-ring (bicyclic) bond motifs is 3. The largest absolute Gasteiger partial charge is 0.346 e.